The molecule has 0 saturated heterocycles. The summed E-state index contributed by atoms with van der Waals surface area (Å²) in [5.74, 6) is 4.56. The number of ether oxygens (including phenoxy) is 2. The highest BCUT2D eigenvalue weighted by Crippen LogP contribution is 2.65. The number of para-hydroxylation sites is 1. The molecule has 486 valence electrons. The fraction of sp³-hybridized carbons (Fsp3) is 0.0612. The minimum atomic E-state index is -0.791. The van der Waals surface area contributed by atoms with Crippen LogP contribution in [0.5, 0.6) is 23.0 Å². The Labute approximate surface area is 602 Å². The lowest BCUT2D eigenvalue weighted by atomic mass is 9.65. The number of fused-ring (bicyclic) bond motifs is 21. The highest BCUT2D eigenvalue weighted by atomic mass is 16.5. The van der Waals surface area contributed by atoms with Crippen LogP contribution in [0, 0.1) is 0 Å². The van der Waals surface area contributed by atoms with Crippen molar-refractivity contribution in [3.8, 4) is 135 Å². The summed E-state index contributed by atoms with van der Waals surface area (Å²) in [6.45, 7) is 4.67. The van der Waals surface area contributed by atoms with Crippen LogP contribution in [0.25, 0.3) is 129 Å². The highest BCUT2D eigenvalue weighted by molar-refractivity contribution is 6.01. The van der Waals surface area contributed by atoms with Gasteiger partial charge in [0.15, 0.2) is 11.6 Å². The van der Waals surface area contributed by atoms with Crippen molar-refractivity contribution < 1.29 is 9.47 Å². The van der Waals surface area contributed by atoms with Gasteiger partial charge in [-0.2, -0.15) is 0 Å². The number of rotatable bonds is 7. The summed E-state index contributed by atoms with van der Waals surface area (Å²) in [5, 5.41) is 2.39. The van der Waals surface area contributed by atoms with Gasteiger partial charge in [-0.05, 0) is 197 Å². The second-order valence-electron chi connectivity index (χ2n) is 29.0. The molecule has 2 spiro atoms. The molecule has 6 aliphatic rings. The first-order valence-electron chi connectivity index (χ1n) is 35.9. The maximum Gasteiger partial charge on any atom is 0.160 e. The molecule has 0 fully saturated rings. The maximum atomic E-state index is 7.26. The van der Waals surface area contributed by atoms with Gasteiger partial charge in [0, 0.05) is 61.0 Å². The van der Waals surface area contributed by atoms with Crippen molar-refractivity contribution >= 4 is 16.8 Å². The largest absolute Gasteiger partial charge is 0.457 e. The van der Waals surface area contributed by atoms with Crippen LogP contribution in [-0.2, 0) is 22.7 Å². The summed E-state index contributed by atoms with van der Waals surface area (Å²) in [5.41, 5.74) is 31.6. The molecule has 0 atom stereocenters. The highest BCUT2D eigenvalue weighted by Gasteiger charge is 2.53. The second kappa shape index (κ2) is 21.9. The van der Waals surface area contributed by atoms with Crippen molar-refractivity contribution in [1.82, 2.24) is 19.9 Å². The Morgan fingerprint density at radius 2 is 0.654 bits per heavy atom. The molecule has 14 aromatic carbocycles. The summed E-state index contributed by atoms with van der Waals surface area (Å²) in [7, 11) is 0. The van der Waals surface area contributed by atoms with E-state index in [0.717, 1.165) is 130 Å². The minimum absolute atomic E-state index is 0.177. The molecule has 4 aliphatic carbocycles. The number of nitrogens with zero attached hydrogens (tertiary/aromatic N) is 4. The van der Waals surface area contributed by atoms with Crippen LogP contribution in [-0.4, -0.2) is 19.9 Å². The first-order chi connectivity index (χ1) is 51.2. The molecule has 0 N–H and O–H groups in total. The predicted molar refractivity (Wildman–Crippen MR) is 418 cm³/mol. The molecule has 6 heteroatoms. The Balaban J connectivity index is 0.694. The van der Waals surface area contributed by atoms with Crippen LogP contribution in [0.15, 0.2) is 322 Å². The molecule has 104 heavy (non-hydrogen) atoms. The third-order valence-corrected chi connectivity index (χ3v) is 23.2. The van der Waals surface area contributed by atoms with E-state index >= 15 is 0 Å². The smallest absolute Gasteiger partial charge is 0.160 e. The number of hydrogen-bond acceptors (Lipinski definition) is 6. The average Bonchev–Trinajstić information content (AvgIpc) is 1.48. The standard InChI is InChI=1S/C98H62N4O2/c1-96(2)75-33-14-9-28-69(75)74-44-40-61(53-81(74)96)87-56-85(58-22-5-3-6-23-58)99-94(101-87)65-43-47-92-84(55-65)98(78-36-17-12-31-72(78)73-32-13-18-37-79(73)98)82-52-60(41-45-90(82)104-92)66-48-62-26-21-27-63-49-67(51-68(50-66)93(62)63)88-57-86(59-24-7-4-8-25-59)100-95(102-88)64-42-46-91-83(54-64)97(80-38-19-20-39-89(80)103-91)76-34-15-10-29-70(76)71-30-11-16-35-77(71)97/h3-25,27-57H,26H2,1-2H3. The van der Waals surface area contributed by atoms with Crippen molar-refractivity contribution in [3.05, 3.63) is 388 Å². The van der Waals surface area contributed by atoms with E-state index in [1.54, 1.807) is 0 Å². The molecule has 2 aliphatic heterocycles. The lowest BCUT2D eigenvalue weighted by Gasteiger charge is -2.40. The van der Waals surface area contributed by atoms with E-state index in [4.69, 9.17) is 29.4 Å². The number of hydrogen-bond donors (Lipinski definition) is 0. The summed E-state index contributed by atoms with van der Waals surface area (Å²) in [6, 6.07) is 115. The Morgan fingerprint density at radius 1 is 0.269 bits per heavy atom. The molecule has 0 radical (unpaired) electrons. The SMILES string of the molecule is CC1(C)c2ccccc2-c2ccc(-c3cc(-c4ccccc4)nc(-c4ccc5c(c4)C4(c6cc(-c7cc8c9c(cc(-c%10cc(-c%11ccccc%11)nc(-c%11ccc%12c(c%11)C%11(c%13ccccc%13O%12)c%12ccccc%12-c%12ccccc%12%11)n%10)cc9c7)C=CC8)ccc6O5)c5ccccc5-c5ccccc54)n3)cc21. The van der Waals surface area contributed by atoms with Crippen molar-refractivity contribution in [1.29, 1.82) is 0 Å². The Bertz CT molecular complexity index is 6350. The lowest BCUT2D eigenvalue weighted by Crippen LogP contribution is -2.32. The molecule has 0 saturated carbocycles. The Morgan fingerprint density at radius 3 is 1.19 bits per heavy atom. The number of allylic oxidation sites excluding steroid dienone is 1. The van der Waals surface area contributed by atoms with E-state index in [1.165, 1.54) is 77.7 Å². The minimum Gasteiger partial charge on any atom is -0.457 e. The van der Waals surface area contributed by atoms with Crippen LogP contribution < -0.4 is 9.47 Å². The van der Waals surface area contributed by atoms with Crippen LogP contribution in [0.3, 0.4) is 0 Å². The first kappa shape index (κ1) is 58.6. The van der Waals surface area contributed by atoms with E-state index in [2.05, 4.69) is 341 Å². The molecule has 6 nitrogen and oxygen atoms in total. The summed E-state index contributed by atoms with van der Waals surface area (Å²) >= 11 is 0. The zero-order chi connectivity index (χ0) is 68.6. The van der Waals surface area contributed by atoms with Crippen LogP contribution in [0.2, 0.25) is 0 Å². The monoisotopic (exact) mass is 1330 g/mol. The van der Waals surface area contributed by atoms with Gasteiger partial charge in [-0.3, -0.25) is 0 Å². The van der Waals surface area contributed by atoms with Crippen LogP contribution >= 0.6 is 0 Å². The van der Waals surface area contributed by atoms with Gasteiger partial charge in [-0.1, -0.05) is 250 Å². The van der Waals surface area contributed by atoms with Crippen molar-refractivity contribution in [3.63, 3.8) is 0 Å². The first-order valence-corrected chi connectivity index (χ1v) is 35.9. The Hall–Kier alpha value is -13.2. The van der Waals surface area contributed by atoms with Crippen molar-refractivity contribution in [2.24, 2.45) is 0 Å². The third-order valence-electron chi connectivity index (χ3n) is 23.2. The van der Waals surface area contributed by atoms with Gasteiger partial charge in [0.25, 0.3) is 0 Å². The van der Waals surface area contributed by atoms with Gasteiger partial charge in [-0.25, -0.2) is 19.9 Å². The van der Waals surface area contributed by atoms with Crippen molar-refractivity contribution in [2.45, 2.75) is 36.5 Å². The summed E-state index contributed by atoms with van der Waals surface area (Å²) in [6.07, 6.45) is 5.39. The molecule has 0 unspecified atom stereocenters. The van der Waals surface area contributed by atoms with Gasteiger partial charge in [-0.15, -0.1) is 0 Å². The van der Waals surface area contributed by atoms with Gasteiger partial charge in [0.1, 0.15) is 23.0 Å². The number of benzene rings is 14. The van der Waals surface area contributed by atoms with Gasteiger partial charge < -0.3 is 9.47 Å². The number of aromatic nitrogens is 4. The Kier molecular flexibility index (Phi) is 12.4. The average molecular weight is 1330 g/mol. The summed E-state index contributed by atoms with van der Waals surface area (Å²) < 4.78 is 14.2. The molecule has 16 aromatic rings. The summed E-state index contributed by atoms with van der Waals surface area (Å²) in [4.78, 5) is 22.1. The zero-order valence-electron chi connectivity index (χ0n) is 57.0. The quantitative estimate of drug-likeness (QED) is 0.158. The molecule has 4 heterocycles. The fourth-order valence-electron chi connectivity index (χ4n) is 18.6. The predicted octanol–water partition coefficient (Wildman–Crippen LogP) is 23.9. The van der Waals surface area contributed by atoms with E-state index in [-0.39, 0.29) is 5.41 Å². The van der Waals surface area contributed by atoms with Crippen molar-refractivity contribution in [2.75, 3.05) is 0 Å². The molecule has 0 bridgehead atoms. The molecular formula is C98H62N4O2. The molecular weight excluding hydrogens is 1270 g/mol. The fourth-order valence-corrected chi connectivity index (χ4v) is 18.6. The van der Waals surface area contributed by atoms with Crippen LogP contribution in [0.1, 0.15) is 80.6 Å². The van der Waals surface area contributed by atoms with E-state index < -0.39 is 10.8 Å². The normalized spacial score (nSPS) is 14.6. The maximum absolute atomic E-state index is 7.26. The topological polar surface area (TPSA) is 70.0 Å². The van der Waals surface area contributed by atoms with E-state index in [0.29, 0.717) is 11.6 Å². The van der Waals surface area contributed by atoms with Crippen LogP contribution in [0.4, 0.5) is 0 Å². The molecule has 2 aromatic heterocycles. The van der Waals surface area contributed by atoms with Gasteiger partial charge in [0.2, 0.25) is 0 Å². The van der Waals surface area contributed by atoms with Gasteiger partial charge in [0.05, 0.1) is 33.6 Å². The zero-order valence-corrected chi connectivity index (χ0v) is 57.0. The van der Waals surface area contributed by atoms with E-state index in [1.807, 2.05) is 0 Å². The molecule has 22 rings (SSSR count). The van der Waals surface area contributed by atoms with Gasteiger partial charge >= 0.3 is 0 Å². The second-order valence-corrected chi connectivity index (χ2v) is 29.0. The molecule has 0 amide bonds. The third kappa shape index (κ3) is 8.33. The lowest BCUT2D eigenvalue weighted by molar-refractivity contribution is 0.436. The van der Waals surface area contributed by atoms with E-state index in [9.17, 15) is 0 Å².